The van der Waals surface area contributed by atoms with Gasteiger partial charge in [0.1, 0.15) is 0 Å². The predicted molar refractivity (Wildman–Crippen MR) is 55.8 cm³/mol. The average Bonchev–Trinajstić information content (AvgIpc) is 2.04. The SMILES string of the molecule is CC(C)(CCO)NC1CCCCC1. The molecule has 13 heavy (non-hydrogen) atoms. The number of rotatable bonds is 4. The van der Waals surface area contributed by atoms with E-state index in [-0.39, 0.29) is 12.1 Å². The third kappa shape index (κ3) is 4.10. The lowest BCUT2D eigenvalue weighted by molar-refractivity contribution is 0.205. The molecule has 1 saturated carbocycles. The zero-order valence-corrected chi connectivity index (χ0v) is 8.97. The maximum absolute atomic E-state index is 8.89. The summed E-state index contributed by atoms with van der Waals surface area (Å²) in [6.45, 7) is 4.64. The van der Waals surface area contributed by atoms with E-state index in [0.29, 0.717) is 6.04 Å². The minimum Gasteiger partial charge on any atom is -0.396 e. The molecule has 0 amide bonds. The molecule has 78 valence electrons. The molecule has 0 aromatic rings. The average molecular weight is 185 g/mol. The molecule has 0 saturated heterocycles. The van der Waals surface area contributed by atoms with E-state index in [4.69, 9.17) is 5.11 Å². The van der Waals surface area contributed by atoms with Gasteiger partial charge in [-0.2, -0.15) is 0 Å². The molecule has 1 rings (SSSR count). The molecular weight excluding hydrogens is 162 g/mol. The summed E-state index contributed by atoms with van der Waals surface area (Å²) >= 11 is 0. The molecular formula is C11H23NO. The molecule has 0 radical (unpaired) electrons. The van der Waals surface area contributed by atoms with Gasteiger partial charge in [0.05, 0.1) is 0 Å². The van der Waals surface area contributed by atoms with Crippen molar-refractivity contribution < 1.29 is 5.11 Å². The minimum atomic E-state index is 0.108. The molecule has 0 aromatic heterocycles. The van der Waals surface area contributed by atoms with Gasteiger partial charge in [0.15, 0.2) is 0 Å². The van der Waals surface area contributed by atoms with E-state index < -0.39 is 0 Å². The van der Waals surface area contributed by atoms with E-state index in [9.17, 15) is 0 Å². The molecule has 2 N–H and O–H groups in total. The van der Waals surface area contributed by atoms with Crippen LogP contribution in [0.4, 0.5) is 0 Å². The normalized spacial score (nSPS) is 20.5. The molecule has 0 aromatic carbocycles. The summed E-state index contributed by atoms with van der Waals surface area (Å²) in [5, 5.41) is 12.5. The largest absolute Gasteiger partial charge is 0.396 e. The maximum atomic E-state index is 8.89. The van der Waals surface area contributed by atoms with Crippen LogP contribution in [0.5, 0.6) is 0 Å². The van der Waals surface area contributed by atoms with Gasteiger partial charge in [0.2, 0.25) is 0 Å². The fourth-order valence-corrected chi connectivity index (χ4v) is 2.15. The Morgan fingerprint density at radius 3 is 2.38 bits per heavy atom. The van der Waals surface area contributed by atoms with Gasteiger partial charge < -0.3 is 10.4 Å². The first-order valence-corrected chi connectivity index (χ1v) is 5.52. The summed E-state index contributed by atoms with van der Waals surface area (Å²) in [4.78, 5) is 0. The highest BCUT2D eigenvalue weighted by Gasteiger charge is 2.22. The molecule has 0 atom stereocenters. The molecule has 0 aliphatic heterocycles. The summed E-state index contributed by atoms with van der Waals surface area (Å²) < 4.78 is 0. The van der Waals surface area contributed by atoms with Crippen LogP contribution < -0.4 is 5.32 Å². The fourth-order valence-electron chi connectivity index (χ4n) is 2.15. The Balaban J connectivity index is 2.28. The Morgan fingerprint density at radius 1 is 1.23 bits per heavy atom. The molecule has 0 heterocycles. The van der Waals surface area contributed by atoms with Crippen molar-refractivity contribution >= 4 is 0 Å². The van der Waals surface area contributed by atoms with Gasteiger partial charge in [-0.25, -0.2) is 0 Å². The Hall–Kier alpha value is -0.0800. The lowest BCUT2D eigenvalue weighted by atomic mass is 9.91. The van der Waals surface area contributed by atoms with Crippen molar-refractivity contribution in [3.8, 4) is 0 Å². The first-order valence-electron chi connectivity index (χ1n) is 5.52. The second-order valence-electron chi connectivity index (χ2n) is 4.84. The summed E-state index contributed by atoms with van der Waals surface area (Å²) in [7, 11) is 0. The summed E-state index contributed by atoms with van der Waals surface area (Å²) in [5.41, 5.74) is 0.108. The number of nitrogens with one attached hydrogen (secondary N) is 1. The van der Waals surface area contributed by atoms with Crippen LogP contribution in [0.2, 0.25) is 0 Å². The third-order valence-electron chi connectivity index (χ3n) is 2.94. The van der Waals surface area contributed by atoms with Crippen molar-refractivity contribution in [1.82, 2.24) is 5.32 Å². The van der Waals surface area contributed by atoms with Crippen LogP contribution in [-0.2, 0) is 0 Å². The molecule has 0 unspecified atom stereocenters. The number of aliphatic hydroxyl groups is 1. The lowest BCUT2D eigenvalue weighted by Crippen LogP contribution is -2.47. The monoisotopic (exact) mass is 185 g/mol. The Morgan fingerprint density at radius 2 is 1.85 bits per heavy atom. The quantitative estimate of drug-likeness (QED) is 0.702. The highest BCUT2D eigenvalue weighted by atomic mass is 16.3. The molecule has 1 fully saturated rings. The van der Waals surface area contributed by atoms with Crippen LogP contribution in [0.15, 0.2) is 0 Å². The fraction of sp³-hybridized carbons (Fsp3) is 1.00. The van der Waals surface area contributed by atoms with Crippen LogP contribution in [0.1, 0.15) is 52.4 Å². The van der Waals surface area contributed by atoms with E-state index >= 15 is 0 Å². The van der Waals surface area contributed by atoms with Crippen LogP contribution in [0, 0.1) is 0 Å². The second-order valence-corrected chi connectivity index (χ2v) is 4.84. The smallest absolute Gasteiger partial charge is 0.0448 e. The van der Waals surface area contributed by atoms with Gasteiger partial charge in [-0.05, 0) is 33.1 Å². The number of hydrogen-bond donors (Lipinski definition) is 2. The molecule has 1 aliphatic carbocycles. The van der Waals surface area contributed by atoms with E-state index in [1.165, 1.54) is 32.1 Å². The van der Waals surface area contributed by atoms with Crippen LogP contribution in [0.3, 0.4) is 0 Å². The topological polar surface area (TPSA) is 32.3 Å². The van der Waals surface area contributed by atoms with E-state index in [1.807, 2.05) is 0 Å². The Kier molecular flexibility index (Phi) is 4.20. The molecule has 0 bridgehead atoms. The van der Waals surface area contributed by atoms with Crippen LogP contribution >= 0.6 is 0 Å². The van der Waals surface area contributed by atoms with E-state index in [1.54, 1.807) is 0 Å². The molecule has 2 heteroatoms. The highest BCUT2D eigenvalue weighted by molar-refractivity contribution is 4.83. The molecule has 1 aliphatic rings. The van der Waals surface area contributed by atoms with Crippen molar-refractivity contribution in [1.29, 1.82) is 0 Å². The van der Waals surface area contributed by atoms with Gasteiger partial charge in [0, 0.05) is 18.2 Å². The Labute approximate surface area is 81.7 Å². The van der Waals surface area contributed by atoms with Crippen molar-refractivity contribution in [2.24, 2.45) is 0 Å². The van der Waals surface area contributed by atoms with Gasteiger partial charge in [-0.15, -0.1) is 0 Å². The molecule has 0 spiro atoms. The van der Waals surface area contributed by atoms with Gasteiger partial charge in [-0.1, -0.05) is 19.3 Å². The maximum Gasteiger partial charge on any atom is 0.0448 e. The zero-order valence-electron chi connectivity index (χ0n) is 8.97. The van der Waals surface area contributed by atoms with Crippen molar-refractivity contribution in [3.63, 3.8) is 0 Å². The van der Waals surface area contributed by atoms with Crippen LogP contribution in [0.25, 0.3) is 0 Å². The third-order valence-corrected chi connectivity index (χ3v) is 2.94. The summed E-state index contributed by atoms with van der Waals surface area (Å²) in [6, 6.07) is 0.690. The second kappa shape index (κ2) is 4.97. The van der Waals surface area contributed by atoms with Crippen molar-refractivity contribution in [2.45, 2.75) is 64.0 Å². The first-order chi connectivity index (χ1) is 6.14. The van der Waals surface area contributed by atoms with Gasteiger partial charge in [0.25, 0.3) is 0 Å². The van der Waals surface area contributed by atoms with Gasteiger partial charge in [-0.3, -0.25) is 0 Å². The standard InChI is InChI=1S/C11H23NO/c1-11(2,8-9-13)12-10-6-4-3-5-7-10/h10,12-13H,3-9H2,1-2H3. The van der Waals surface area contributed by atoms with E-state index in [0.717, 1.165) is 6.42 Å². The molecule has 2 nitrogen and oxygen atoms in total. The van der Waals surface area contributed by atoms with Gasteiger partial charge >= 0.3 is 0 Å². The van der Waals surface area contributed by atoms with Crippen LogP contribution in [-0.4, -0.2) is 23.3 Å². The first kappa shape index (κ1) is 11.0. The van der Waals surface area contributed by atoms with E-state index in [2.05, 4.69) is 19.2 Å². The zero-order chi connectivity index (χ0) is 9.73. The van der Waals surface area contributed by atoms with Crippen molar-refractivity contribution in [2.75, 3.05) is 6.61 Å². The Bertz CT molecular complexity index is 139. The van der Waals surface area contributed by atoms with Crippen molar-refractivity contribution in [3.05, 3.63) is 0 Å². The summed E-state index contributed by atoms with van der Waals surface area (Å²) in [5.74, 6) is 0. The number of aliphatic hydroxyl groups excluding tert-OH is 1. The number of hydrogen-bond acceptors (Lipinski definition) is 2. The predicted octanol–water partition coefficient (Wildman–Crippen LogP) is 2.07. The lowest BCUT2D eigenvalue weighted by Gasteiger charge is -2.33. The summed E-state index contributed by atoms with van der Waals surface area (Å²) in [6.07, 6.45) is 7.62. The highest BCUT2D eigenvalue weighted by Crippen LogP contribution is 2.20. The minimum absolute atomic E-state index is 0.108.